The molecule has 0 radical (unpaired) electrons. The number of benzene rings is 2. The Morgan fingerprint density at radius 3 is 2.44 bits per heavy atom. The van der Waals surface area contributed by atoms with Gasteiger partial charge in [0.25, 0.3) is 5.91 Å². The lowest BCUT2D eigenvalue weighted by Gasteiger charge is -2.10. The molecule has 0 aliphatic carbocycles. The van der Waals surface area contributed by atoms with Gasteiger partial charge < -0.3 is 14.8 Å². The molecule has 0 fully saturated rings. The van der Waals surface area contributed by atoms with Gasteiger partial charge in [-0.15, -0.1) is 0 Å². The Morgan fingerprint density at radius 1 is 1.07 bits per heavy atom. The van der Waals surface area contributed by atoms with E-state index in [-0.39, 0.29) is 23.6 Å². The number of thiocarbonyl (C=S) groups is 1. The Hall–Kier alpha value is -3.19. The van der Waals surface area contributed by atoms with Crippen molar-refractivity contribution >= 4 is 41.0 Å². The first-order valence-electron chi connectivity index (χ1n) is 8.30. The molecule has 0 saturated heterocycles. The maximum atomic E-state index is 11.9. The molecule has 7 heteroatoms. The second-order valence-electron chi connectivity index (χ2n) is 5.31. The van der Waals surface area contributed by atoms with Gasteiger partial charge in [-0.25, -0.2) is 4.79 Å². The zero-order valence-corrected chi connectivity index (χ0v) is 15.6. The summed E-state index contributed by atoms with van der Waals surface area (Å²) >= 11 is 5.12. The molecule has 2 aromatic rings. The topological polar surface area (TPSA) is 76.7 Å². The van der Waals surface area contributed by atoms with Crippen LogP contribution in [0, 0.1) is 0 Å². The predicted octanol–water partition coefficient (Wildman–Crippen LogP) is 3.15. The Balaban J connectivity index is 1.78. The highest BCUT2D eigenvalue weighted by Gasteiger charge is 2.06. The van der Waals surface area contributed by atoms with Crippen molar-refractivity contribution in [3.05, 3.63) is 66.2 Å². The lowest BCUT2D eigenvalue weighted by molar-refractivity contribution is -0.137. The summed E-state index contributed by atoms with van der Waals surface area (Å²) < 4.78 is 10.2. The monoisotopic (exact) mass is 384 g/mol. The van der Waals surface area contributed by atoms with Crippen molar-refractivity contribution in [3.8, 4) is 5.75 Å². The first-order chi connectivity index (χ1) is 13.1. The van der Waals surface area contributed by atoms with Gasteiger partial charge in [0.1, 0.15) is 5.75 Å². The molecule has 2 rings (SSSR count). The van der Waals surface area contributed by atoms with E-state index in [1.165, 1.54) is 6.08 Å². The van der Waals surface area contributed by atoms with Crippen LogP contribution in [0.4, 0.5) is 5.69 Å². The van der Waals surface area contributed by atoms with Crippen LogP contribution in [-0.2, 0) is 14.3 Å². The SMILES string of the molecule is CCOC(=O)C=Cc1ccc(NC(=S)NC(=O)COc2ccccc2)cc1. The first kappa shape index (κ1) is 20.1. The minimum Gasteiger partial charge on any atom is -0.484 e. The van der Waals surface area contributed by atoms with E-state index in [1.807, 2.05) is 18.2 Å². The van der Waals surface area contributed by atoms with E-state index < -0.39 is 0 Å². The van der Waals surface area contributed by atoms with Gasteiger partial charge in [-0.05, 0) is 55.0 Å². The summed E-state index contributed by atoms with van der Waals surface area (Å²) in [6.07, 6.45) is 3.02. The number of nitrogens with one attached hydrogen (secondary N) is 2. The number of esters is 1. The molecule has 0 saturated carbocycles. The van der Waals surface area contributed by atoms with Crippen LogP contribution >= 0.6 is 12.2 Å². The smallest absolute Gasteiger partial charge is 0.330 e. The lowest BCUT2D eigenvalue weighted by Crippen LogP contribution is -2.37. The van der Waals surface area contributed by atoms with Crippen molar-refractivity contribution in [2.45, 2.75) is 6.92 Å². The zero-order chi connectivity index (χ0) is 19.5. The van der Waals surface area contributed by atoms with E-state index in [9.17, 15) is 9.59 Å². The fourth-order valence-corrected chi connectivity index (χ4v) is 2.25. The number of anilines is 1. The number of ether oxygens (including phenoxy) is 2. The standard InChI is InChI=1S/C20H20N2O4S/c1-2-25-19(24)13-10-15-8-11-16(12-9-15)21-20(27)22-18(23)14-26-17-6-4-3-5-7-17/h3-13H,2,14H2,1H3,(H2,21,22,23,27). The number of carbonyl (C=O) groups is 2. The third-order valence-electron chi connectivity index (χ3n) is 3.23. The molecule has 0 aliphatic heterocycles. The lowest BCUT2D eigenvalue weighted by atomic mass is 10.2. The molecule has 0 atom stereocenters. The number of carbonyl (C=O) groups excluding carboxylic acids is 2. The van der Waals surface area contributed by atoms with Crippen molar-refractivity contribution in [1.29, 1.82) is 0 Å². The number of hydrogen-bond donors (Lipinski definition) is 2. The van der Waals surface area contributed by atoms with Crippen LogP contribution in [0.5, 0.6) is 5.75 Å². The van der Waals surface area contributed by atoms with Gasteiger partial charge in [0.2, 0.25) is 0 Å². The van der Waals surface area contributed by atoms with E-state index in [0.717, 1.165) is 5.56 Å². The van der Waals surface area contributed by atoms with Gasteiger partial charge in [0.05, 0.1) is 6.61 Å². The Labute approximate surface area is 163 Å². The van der Waals surface area contributed by atoms with Crippen molar-refractivity contribution < 1.29 is 19.1 Å². The highest BCUT2D eigenvalue weighted by Crippen LogP contribution is 2.11. The molecule has 6 nitrogen and oxygen atoms in total. The summed E-state index contributed by atoms with van der Waals surface area (Å²) in [6.45, 7) is 1.96. The van der Waals surface area contributed by atoms with Gasteiger partial charge >= 0.3 is 5.97 Å². The molecule has 1 amide bonds. The molecule has 0 heterocycles. The fourth-order valence-electron chi connectivity index (χ4n) is 2.02. The minimum atomic E-state index is -0.388. The molecular weight excluding hydrogens is 364 g/mol. The molecular formula is C20H20N2O4S. The molecule has 0 aliphatic rings. The second-order valence-corrected chi connectivity index (χ2v) is 5.72. The molecule has 0 unspecified atom stereocenters. The molecule has 0 aromatic heterocycles. The van der Waals surface area contributed by atoms with E-state index in [0.29, 0.717) is 18.0 Å². The maximum absolute atomic E-state index is 11.9. The van der Waals surface area contributed by atoms with Gasteiger partial charge in [-0.1, -0.05) is 30.3 Å². The fraction of sp³-hybridized carbons (Fsp3) is 0.150. The Bertz CT molecular complexity index is 804. The highest BCUT2D eigenvalue weighted by molar-refractivity contribution is 7.80. The average molecular weight is 384 g/mol. The van der Waals surface area contributed by atoms with E-state index in [4.69, 9.17) is 21.7 Å². The van der Waals surface area contributed by atoms with E-state index in [1.54, 1.807) is 49.4 Å². The summed E-state index contributed by atoms with van der Waals surface area (Å²) in [6, 6.07) is 16.2. The van der Waals surface area contributed by atoms with Crippen LogP contribution in [0.2, 0.25) is 0 Å². The van der Waals surface area contributed by atoms with Crippen LogP contribution in [0.25, 0.3) is 6.08 Å². The summed E-state index contributed by atoms with van der Waals surface area (Å²) in [5.41, 5.74) is 1.54. The summed E-state index contributed by atoms with van der Waals surface area (Å²) in [5, 5.41) is 5.63. The number of amides is 1. The van der Waals surface area contributed by atoms with Gasteiger partial charge in [0.15, 0.2) is 11.7 Å². The quantitative estimate of drug-likeness (QED) is 0.434. The summed E-state index contributed by atoms with van der Waals surface area (Å²) in [5.74, 6) is -0.135. The van der Waals surface area contributed by atoms with Crippen molar-refractivity contribution in [3.63, 3.8) is 0 Å². The second kappa shape index (κ2) is 10.7. The van der Waals surface area contributed by atoms with Crippen LogP contribution in [0.3, 0.4) is 0 Å². The normalized spacial score (nSPS) is 10.3. The van der Waals surface area contributed by atoms with Crippen molar-refractivity contribution in [2.75, 3.05) is 18.5 Å². The predicted molar refractivity (Wildman–Crippen MR) is 108 cm³/mol. The molecule has 2 aromatic carbocycles. The summed E-state index contributed by atoms with van der Waals surface area (Å²) in [4.78, 5) is 23.1. The van der Waals surface area contributed by atoms with Crippen LogP contribution in [0.15, 0.2) is 60.7 Å². The largest absolute Gasteiger partial charge is 0.484 e. The average Bonchev–Trinajstić information content (AvgIpc) is 2.67. The Morgan fingerprint density at radius 2 is 1.78 bits per heavy atom. The third-order valence-corrected chi connectivity index (χ3v) is 3.44. The van der Waals surface area contributed by atoms with Crippen molar-refractivity contribution in [1.82, 2.24) is 5.32 Å². The molecule has 0 bridgehead atoms. The van der Waals surface area contributed by atoms with E-state index >= 15 is 0 Å². The highest BCUT2D eigenvalue weighted by atomic mass is 32.1. The zero-order valence-electron chi connectivity index (χ0n) is 14.8. The first-order valence-corrected chi connectivity index (χ1v) is 8.71. The minimum absolute atomic E-state index is 0.135. The molecule has 0 spiro atoms. The number of para-hydroxylation sites is 1. The van der Waals surface area contributed by atoms with E-state index in [2.05, 4.69) is 10.6 Å². The summed E-state index contributed by atoms with van der Waals surface area (Å²) in [7, 11) is 0. The van der Waals surface area contributed by atoms with Crippen LogP contribution < -0.4 is 15.4 Å². The van der Waals surface area contributed by atoms with Crippen LogP contribution in [-0.4, -0.2) is 30.2 Å². The number of rotatable bonds is 7. The van der Waals surface area contributed by atoms with Gasteiger partial charge in [0, 0.05) is 11.8 Å². The molecule has 140 valence electrons. The molecule has 2 N–H and O–H groups in total. The maximum Gasteiger partial charge on any atom is 0.330 e. The molecule has 27 heavy (non-hydrogen) atoms. The van der Waals surface area contributed by atoms with Crippen LogP contribution in [0.1, 0.15) is 12.5 Å². The third kappa shape index (κ3) is 7.70. The van der Waals surface area contributed by atoms with Gasteiger partial charge in [-0.2, -0.15) is 0 Å². The van der Waals surface area contributed by atoms with Crippen molar-refractivity contribution in [2.24, 2.45) is 0 Å². The van der Waals surface area contributed by atoms with Gasteiger partial charge in [-0.3, -0.25) is 10.1 Å². The Kier molecular flexibility index (Phi) is 7.99. The number of hydrogen-bond acceptors (Lipinski definition) is 5.